The number of benzene rings is 1. The lowest BCUT2D eigenvalue weighted by Gasteiger charge is -2.31. The third kappa shape index (κ3) is 6.78. The SMILES string of the molecule is NC1CCN(NC(=O)C(OC(=O)C(F)(F)F)Oc2ccc(C(F)(F)F)cc2)CC1. The number of piperidine rings is 1. The number of alkyl halides is 6. The molecule has 0 saturated carbocycles. The van der Waals surface area contributed by atoms with Gasteiger partial charge in [-0.05, 0) is 37.1 Å². The van der Waals surface area contributed by atoms with Crippen LogP contribution in [0, 0.1) is 0 Å². The van der Waals surface area contributed by atoms with Crippen LogP contribution >= 0.6 is 0 Å². The fraction of sp³-hybridized carbons (Fsp3) is 0.500. The summed E-state index contributed by atoms with van der Waals surface area (Å²) in [6, 6.07) is 2.67. The highest BCUT2D eigenvalue weighted by atomic mass is 19.4. The number of nitrogens with two attached hydrogens (primary N) is 1. The lowest BCUT2D eigenvalue weighted by Crippen LogP contribution is -2.54. The summed E-state index contributed by atoms with van der Waals surface area (Å²) in [5.74, 6) is -4.34. The molecule has 1 aliphatic heterocycles. The smallest absolute Gasteiger partial charge is 0.446 e. The largest absolute Gasteiger partial charge is 0.491 e. The maximum Gasteiger partial charge on any atom is 0.491 e. The van der Waals surface area contributed by atoms with Gasteiger partial charge in [-0.25, -0.2) is 9.80 Å². The molecule has 1 atom stereocenters. The molecular weight excluding hydrogens is 412 g/mol. The number of nitrogens with zero attached hydrogens (tertiary/aromatic N) is 1. The minimum atomic E-state index is -5.40. The average molecular weight is 429 g/mol. The van der Waals surface area contributed by atoms with E-state index in [1.54, 1.807) is 0 Å². The summed E-state index contributed by atoms with van der Waals surface area (Å²) in [7, 11) is 0. The Labute approximate surface area is 160 Å². The normalized spacial score (nSPS) is 17.5. The Bertz CT molecular complexity index is 715. The molecule has 0 bridgehead atoms. The zero-order chi connectivity index (χ0) is 21.8. The van der Waals surface area contributed by atoms with Crippen LogP contribution in [0.3, 0.4) is 0 Å². The molecule has 7 nitrogen and oxygen atoms in total. The second kappa shape index (κ2) is 8.86. The van der Waals surface area contributed by atoms with E-state index in [9.17, 15) is 35.9 Å². The van der Waals surface area contributed by atoms with Gasteiger partial charge < -0.3 is 15.2 Å². The molecule has 1 aromatic carbocycles. The molecule has 0 spiro atoms. The summed E-state index contributed by atoms with van der Waals surface area (Å²) in [5, 5.41) is 1.36. The van der Waals surface area contributed by atoms with Gasteiger partial charge in [-0.15, -0.1) is 0 Å². The summed E-state index contributed by atoms with van der Waals surface area (Å²) < 4.78 is 84.2. The first-order chi connectivity index (χ1) is 13.4. The molecule has 0 aromatic heterocycles. The van der Waals surface area contributed by atoms with Gasteiger partial charge in [0, 0.05) is 19.1 Å². The number of nitrogens with one attached hydrogen (secondary N) is 1. The second-order valence-electron chi connectivity index (χ2n) is 6.18. The van der Waals surface area contributed by atoms with Crippen molar-refractivity contribution in [3.63, 3.8) is 0 Å². The van der Waals surface area contributed by atoms with E-state index in [4.69, 9.17) is 10.5 Å². The standard InChI is InChI=1S/C16H17F6N3O4/c17-15(18,19)9-1-3-11(4-2-9)28-13(29-14(27)16(20,21)22)12(26)24-25-7-5-10(23)6-8-25/h1-4,10,13H,5-8,23H2,(H,24,26). The molecule has 3 N–H and O–H groups in total. The van der Waals surface area contributed by atoms with Crippen molar-refractivity contribution in [1.82, 2.24) is 10.4 Å². The number of ether oxygens (including phenoxy) is 2. The van der Waals surface area contributed by atoms with Gasteiger partial charge in [-0.1, -0.05) is 0 Å². The maximum absolute atomic E-state index is 12.6. The molecule has 1 saturated heterocycles. The number of hydrogen-bond acceptors (Lipinski definition) is 6. The van der Waals surface area contributed by atoms with Crippen LogP contribution in [0.25, 0.3) is 0 Å². The van der Waals surface area contributed by atoms with Crippen molar-refractivity contribution in [3.8, 4) is 5.75 Å². The Morgan fingerprint density at radius 2 is 1.62 bits per heavy atom. The zero-order valence-corrected chi connectivity index (χ0v) is 14.7. The number of esters is 1. The monoisotopic (exact) mass is 429 g/mol. The summed E-state index contributed by atoms with van der Waals surface area (Å²) >= 11 is 0. The molecule has 162 valence electrons. The van der Waals surface area contributed by atoms with Crippen molar-refractivity contribution in [1.29, 1.82) is 0 Å². The minimum absolute atomic E-state index is 0.0922. The summed E-state index contributed by atoms with van der Waals surface area (Å²) in [5.41, 5.74) is 6.91. The molecular formula is C16H17F6N3O4. The second-order valence-corrected chi connectivity index (χ2v) is 6.18. The van der Waals surface area contributed by atoms with Gasteiger partial charge in [0.1, 0.15) is 5.75 Å². The topological polar surface area (TPSA) is 93.9 Å². The van der Waals surface area contributed by atoms with Gasteiger partial charge in [0.2, 0.25) is 0 Å². The Balaban J connectivity index is 2.11. The van der Waals surface area contributed by atoms with Crippen molar-refractivity contribution in [2.75, 3.05) is 13.1 Å². The highest BCUT2D eigenvalue weighted by Crippen LogP contribution is 2.30. The van der Waals surface area contributed by atoms with Crippen LogP contribution in [0.4, 0.5) is 26.3 Å². The Hall–Kier alpha value is -2.54. The van der Waals surface area contributed by atoms with E-state index in [0.717, 1.165) is 12.1 Å². The lowest BCUT2D eigenvalue weighted by molar-refractivity contribution is -0.217. The number of hydrazine groups is 1. The molecule has 1 heterocycles. The van der Waals surface area contributed by atoms with Crippen molar-refractivity contribution in [3.05, 3.63) is 29.8 Å². The molecule has 1 fully saturated rings. The first-order valence-corrected chi connectivity index (χ1v) is 8.29. The van der Waals surface area contributed by atoms with E-state index < -0.39 is 41.8 Å². The first kappa shape index (κ1) is 22.7. The maximum atomic E-state index is 12.6. The van der Waals surface area contributed by atoms with E-state index in [-0.39, 0.29) is 6.04 Å². The number of carbonyl (C=O) groups excluding carboxylic acids is 2. The lowest BCUT2D eigenvalue weighted by atomic mass is 10.1. The highest BCUT2D eigenvalue weighted by Gasteiger charge is 2.44. The molecule has 1 aromatic rings. The van der Waals surface area contributed by atoms with Crippen LogP contribution in [0.5, 0.6) is 5.75 Å². The number of rotatable bonds is 5. The molecule has 0 aliphatic carbocycles. The van der Waals surface area contributed by atoms with E-state index in [2.05, 4.69) is 10.2 Å². The summed E-state index contributed by atoms with van der Waals surface area (Å²) in [4.78, 5) is 23.4. The number of halogens is 6. The fourth-order valence-electron chi connectivity index (χ4n) is 2.36. The number of hydrogen-bond donors (Lipinski definition) is 2. The number of amides is 1. The van der Waals surface area contributed by atoms with E-state index in [0.29, 0.717) is 38.1 Å². The van der Waals surface area contributed by atoms with Crippen LogP contribution in [0.1, 0.15) is 18.4 Å². The van der Waals surface area contributed by atoms with Gasteiger partial charge in [-0.2, -0.15) is 26.3 Å². The summed E-state index contributed by atoms with van der Waals surface area (Å²) in [6.07, 6.45) is -11.4. The van der Waals surface area contributed by atoms with Gasteiger partial charge >= 0.3 is 30.5 Å². The molecule has 2 rings (SSSR count). The number of carbonyl (C=O) groups is 2. The molecule has 29 heavy (non-hydrogen) atoms. The third-order valence-electron chi connectivity index (χ3n) is 3.89. The Morgan fingerprint density at radius 3 is 2.10 bits per heavy atom. The fourth-order valence-corrected chi connectivity index (χ4v) is 2.36. The van der Waals surface area contributed by atoms with Gasteiger partial charge in [0.25, 0.3) is 0 Å². The highest BCUT2D eigenvalue weighted by molar-refractivity contribution is 5.84. The van der Waals surface area contributed by atoms with Crippen LogP contribution in [0.2, 0.25) is 0 Å². The first-order valence-electron chi connectivity index (χ1n) is 8.29. The van der Waals surface area contributed by atoms with Crippen LogP contribution in [-0.4, -0.2) is 48.5 Å². The molecule has 1 amide bonds. The summed E-state index contributed by atoms with van der Waals surface area (Å²) in [6.45, 7) is 0.597. The van der Waals surface area contributed by atoms with Crippen molar-refractivity contribution in [2.45, 2.75) is 37.5 Å². The van der Waals surface area contributed by atoms with Crippen LogP contribution in [-0.2, 0) is 20.5 Å². The van der Waals surface area contributed by atoms with E-state index in [1.807, 2.05) is 0 Å². The molecule has 1 unspecified atom stereocenters. The van der Waals surface area contributed by atoms with Crippen molar-refractivity contribution >= 4 is 11.9 Å². The molecule has 1 aliphatic rings. The predicted octanol–water partition coefficient (Wildman–Crippen LogP) is 1.97. The van der Waals surface area contributed by atoms with E-state index in [1.165, 1.54) is 5.01 Å². The predicted molar refractivity (Wildman–Crippen MR) is 84.9 cm³/mol. The van der Waals surface area contributed by atoms with Gasteiger partial charge in [0.15, 0.2) is 0 Å². The molecule has 0 radical (unpaired) electrons. The van der Waals surface area contributed by atoms with Crippen LogP contribution < -0.4 is 15.9 Å². The van der Waals surface area contributed by atoms with Crippen LogP contribution in [0.15, 0.2) is 24.3 Å². The Kier molecular flexibility index (Phi) is 6.95. The van der Waals surface area contributed by atoms with Gasteiger partial charge in [0.05, 0.1) is 5.56 Å². The quantitative estimate of drug-likeness (QED) is 0.422. The van der Waals surface area contributed by atoms with Gasteiger partial charge in [-0.3, -0.25) is 10.2 Å². The minimum Gasteiger partial charge on any atom is -0.446 e. The Morgan fingerprint density at radius 1 is 1.07 bits per heavy atom. The van der Waals surface area contributed by atoms with E-state index >= 15 is 0 Å². The van der Waals surface area contributed by atoms with Crippen molar-refractivity contribution in [2.24, 2.45) is 5.73 Å². The molecule has 13 heteroatoms. The third-order valence-corrected chi connectivity index (χ3v) is 3.89. The van der Waals surface area contributed by atoms with Crippen molar-refractivity contribution < 1.29 is 45.4 Å². The average Bonchev–Trinajstić information content (AvgIpc) is 2.62. The zero-order valence-electron chi connectivity index (χ0n) is 14.7.